The van der Waals surface area contributed by atoms with Crippen LogP contribution in [0, 0.1) is 0 Å². The molecule has 0 bridgehead atoms. The molecule has 3 aromatic heterocycles. The number of aromatic nitrogens is 3. The number of aryl methyl sites for hydroxylation is 1. The van der Waals surface area contributed by atoms with E-state index in [4.69, 9.17) is 10.2 Å². The standard InChI is InChI=1S/C25H29N5O4S/c1-2-3-14-29-23(26)22(24(32)28-25(29)33)30(16-17-9-8-15-34-17)21(31)13-7-6-12-20-27-18-10-4-5-11-19(18)35-20/h4-5,8-11,15H,2-3,6-7,12-14,16,26H2,1H3,(H,28,32,33). The maximum absolute atomic E-state index is 13.3. The molecular weight excluding hydrogens is 466 g/mol. The van der Waals surface area contributed by atoms with Crippen molar-refractivity contribution in [2.24, 2.45) is 0 Å². The van der Waals surface area contributed by atoms with Crippen LogP contribution >= 0.6 is 11.3 Å². The summed E-state index contributed by atoms with van der Waals surface area (Å²) in [6.07, 6.45) is 5.47. The first-order chi connectivity index (χ1) is 17.0. The summed E-state index contributed by atoms with van der Waals surface area (Å²) in [5, 5.41) is 1.04. The number of H-pyrrole nitrogens is 1. The molecule has 4 rings (SSSR count). The van der Waals surface area contributed by atoms with Gasteiger partial charge in [-0.1, -0.05) is 25.5 Å². The predicted molar refractivity (Wildman–Crippen MR) is 138 cm³/mol. The summed E-state index contributed by atoms with van der Waals surface area (Å²) in [6.45, 7) is 2.40. The number of nitrogen functional groups attached to an aromatic ring is 1. The van der Waals surface area contributed by atoms with Crippen molar-refractivity contribution in [2.45, 2.75) is 58.5 Å². The molecule has 0 saturated carbocycles. The summed E-state index contributed by atoms with van der Waals surface area (Å²) < 4.78 is 7.89. The zero-order valence-corrected chi connectivity index (χ0v) is 20.5. The summed E-state index contributed by atoms with van der Waals surface area (Å²) in [4.78, 5) is 46.7. The number of benzene rings is 1. The number of amides is 1. The molecule has 0 aliphatic heterocycles. The summed E-state index contributed by atoms with van der Waals surface area (Å²) in [7, 11) is 0. The van der Waals surface area contributed by atoms with Gasteiger partial charge in [-0.2, -0.15) is 0 Å². The molecule has 9 nitrogen and oxygen atoms in total. The van der Waals surface area contributed by atoms with E-state index < -0.39 is 11.2 Å². The lowest BCUT2D eigenvalue weighted by molar-refractivity contribution is -0.118. The molecule has 0 saturated heterocycles. The van der Waals surface area contributed by atoms with E-state index in [-0.39, 0.29) is 30.4 Å². The minimum absolute atomic E-state index is 0.0124. The number of carbonyl (C=O) groups is 1. The van der Waals surface area contributed by atoms with Gasteiger partial charge < -0.3 is 10.2 Å². The second-order valence-electron chi connectivity index (χ2n) is 8.34. The highest BCUT2D eigenvalue weighted by molar-refractivity contribution is 7.18. The Bertz CT molecular complexity index is 1370. The van der Waals surface area contributed by atoms with Crippen LogP contribution in [0.25, 0.3) is 10.2 Å². The van der Waals surface area contributed by atoms with Gasteiger partial charge in [0.1, 0.15) is 11.6 Å². The average molecular weight is 496 g/mol. The van der Waals surface area contributed by atoms with Gasteiger partial charge in [-0.25, -0.2) is 9.78 Å². The highest BCUT2D eigenvalue weighted by Crippen LogP contribution is 2.24. The van der Waals surface area contributed by atoms with E-state index in [1.165, 1.54) is 15.7 Å². The minimum atomic E-state index is -0.686. The van der Waals surface area contributed by atoms with Gasteiger partial charge in [-0.15, -0.1) is 11.3 Å². The van der Waals surface area contributed by atoms with Crippen molar-refractivity contribution in [3.05, 3.63) is 74.3 Å². The summed E-state index contributed by atoms with van der Waals surface area (Å²) in [6, 6.07) is 11.4. The third kappa shape index (κ3) is 5.71. The Morgan fingerprint density at radius 1 is 1.17 bits per heavy atom. The number of fused-ring (bicyclic) bond motifs is 1. The molecule has 0 atom stereocenters. The smallest absolute Gasteiger partial charge is 0.330 e. The van der Waals surface area contributed by atoms with Crippen molar-refractivity contribution in [3.63, 3.8) is 0 Å². The third-order valence-electron chi connectivity index (χ3n) is 5.78. The average Bonchev–Trinajstić information content (AvgIpc) is 3.50. The lowest BCUT2D eigenvalue weighted by Crippen LogP contribution is -2.40. The molecule has 10 heteroatoms. The van der Waals surface area contributed by atoms with Crippen LogP contribution in [0.4, 0.5) is 11.5 Å². The number of nitrogens with zero attached hydrogens (tertiary/aromatic N) is 3. The van der Waals surface area contributed by atoms with E-state index in [9.17, 15) is 14.4 Å². The van der Waals surface area contributed by atoms with Crippen molar-refractivity contribution in [1.29, 1.82) is 0 Å². The molecule has 3 N–H and O–H groups in total. The quantitative estimate of drug-likeness (QED) is 0.302. The number of furan rings is 1. The van der Waals surface area contributed by atoms with Gasteiger partial charge in [0, 0.05) is 13.0 Å². The SMILES string of the molecule is CCCCn1c(N)c(N(Cc2ccco2)C(=O)CCCCc2nc3ccccc3s2)c(=O)[nH]c1=O. The molecule has 3 heterocycles. The molecule has 1 amide bonds. The monoisotopic (exact) mass is 495 g/mol. The van der Waals surface area contributed by atoms with Crippen LogP contribution in [-0.4, -0.2) is 20.4 Å². The molecule has 0 aliphatic rings. The van der Waals surface area contributed by atoms with Crippen LogP contribution in [0.3, 0.4) is 0 Å². The molecule has 184 valence electrons. The second-order valence-corrected chi connectivity index (χ2v) is 9.46. The van der Waals surface area contributed by atoms with E-state index >= 15 is 0 Å². The lowest BCUT2D eigenvalue weighted by Gasteiger charge is -2.24. The zero-order chi connectivity index (χ0) is 24.8. The fourth-order valence-electron chi connectivity index (χ4n) is 3.94. The maximum atomic E-state index is 13.3. The van der Waals surface area contributed by atoms with Crippen LogP contribution in [-0.2, 0) is 24.3 Å². The highest BCUT2D eigenvalue weighted by Gasteiger charge is 2.25. The van der Waals surface area contributed by atoms with E-state index in [1.807, 2.05) is 25.1 Å². The van der Waals surface area contributed by atoms with Crippen molar-refractivity contribution < 1.29 is 9.21 Å². The van der Waals surface area contributed by atoms with Gasteiger partial charge in [-0.3, -0.25) is 24.0 Å². The Morgan fingerprint density at radius 3 is 2.74 bits per heavy atom. The molecule has 4 aromatic rings. The normalized spacial score (nSPS) is 11.2. The predicted octanol–water partition coefficient (Wildman–Crippen LogP) is 4.07. The number of hydrogen-bond donors (Lipinski definition) is 2. The third-order valence-corrected chi connectivity index (χ3v) is 6.88. The number of aromatic amines is 1. The van der Waals surface area contributed by atoms with Crippen LogP contribution < -0.4 is 21.9 Å². The van der Waals surface area contributed by atoms with Gasteiger partial charge in [0.2, 0.25) is 5.91 Å². The van der Waals surface area contributed by atoms with Crippen molar-refractivity contribution in [2.75, 3.05) is 10.6 Å². The number of anilines is 2. The van der Waals surface area contributed by atoms with Gasteiger partial charge in [0.15, 0.2) is 5.69 Å². The Kier molecular flexibility index (Phi) is 7.81. The number of hydrogen-bond acceptors (Lipinski definition) is 7. The van der Waals surface area contributed by atoms with Crippen LogP contribution in [0.5, 0.6) is 0 Å². The van der Waals surface area contributed by atoms with E-state index in [0.29, 0.717) is 25.1 Å². The Morgan fingerprint density at radius 2 is 2.00 bits per heavy atom. The number of nitrogens with two attached hydrogens (primary N) is 1. The first kappa shape index (κ1) is 24.5. The van der Waals surface area contributed by atoms with Crippen LogP contribution in [0.1, 0.15) is 49.8 Å². The second kappa shape index (κ2) is 11.2. The molecule has 0 unspecified atom stereocenters. The van der Waals surface area contributed by atoms with E-state index in [2.05, 4.69) is 16.0 Å². The van der Waals surface area contributed by atoms with E-state index in [1.54, 1.807) is 23.5 Å². The maximum Gasteiger partial charge on any atom is 0.330 e. The van der Waals surface area contributed by atoms with Crippen LogP contribution in [0.15, 0.2) is 56.7 Å². The molecule has 0 spiro atoms. The molecule has 1 aromatic carbocycles. The zero-order valence-electron chi connectivity index (χ0n) is 19.7. The number of unbranched alkanes of at least 4 members (excludes halogenated alkanes) is 2. The first-order valence-electron chi connectivity index (χ1n) is 11.8. The summed E-state index contributed by atoms with van der Waals surface area (Å²) in [5.41, 5.74) is 5.98. The number of rotatable bonds is 11. The minimum Gasteiger partial charge on any atom is -0.467 e. The van der Waals surface area contributed by atoms with E-state index in [0.717, 1.165) is 34.5 Å². The lowest BCUT2D eigenvalue weighted by atomic mass is 10.1. The number of nitrogens with one attached hydrogen (secondary N) is 1. The largest absolute Gasteiger partial charge is 0.467 e. The Labute approximate surface area is 206 Å². The fraction of sp³-hybridized carbons (Fsp3) is 0.360. The fourth-order valence-corrected chi connectivity index (χ4v) is 4.95. The van der Waals surface area contributed by atoms with Gasteiger partial charge in [0.05, 0.1) is 28.0 Å². The molecular formula is C25H29N5O4S. The molecule has 0 radical (unpaired) electrons. The van der Waals surface area contributed by atoms with Crippen molar-refractivity contribution in [1.82, 2.24) is 14.5 Å². The van der Waals surface area contributed by atoms with Crippen LogP contribution in [0.2, 0.25) is 0 Å². The van der Waals surface area contributed by atoms with Crippen molar-refractivity contribution in [3.8, 4) is 0 Å². The van der Waals surface area contributed by atoms with Gasteiger partial charge in [0.25, 0.3) is 5.56 Å². The summed E-state index contributed by atoms with van der Waals surface area (Å²) in [5.74, 6) is 0.239. The number of thiazole rings is 1. The number of para-hydroxylation sites is 1. The molecule has 0 aliphatic carbocycles. The Balaban J connectivity index is 1.51. The topological polar surface area (TPSA) is 127 Å². The number of carbonyl (C=O) groups excluding carboxylic acids is 1. The van der Waals surface area contributed by atoms with Gasteiger partial charge in [-0.05, 0) is 49.9 Å². The highest BCUT2D eigenvalue weighted by atomic mass is 32.1. The molecule has 35 heavy (non-hydrogen) atoms. The van der Waals surface area contributed by atoms with Crippen molar-refractivity contribution >= 4 is 39.0 Å². The van der Waals surface area contributed by atoms with Gasteiger partial charge >= 0.3 is 5.69 Å². The molecule has 0 fully saturated rings. The first-order valence-corrected chi connectivity index (χ1v) is 12.6. The Hall–Kier alpha value is -3.66. The summed E-state index contributed by atoms with van der Waals surface area (Å²) >= 11 is 1.66.